The fourth-order valence-corrected chi connectivity index (χ4v) is 3.93. The number of β-lactam (4-membered cyclic amide) rings is 1. The number of thiol groups is 1. The van der Waals surface area contributed by atoms with E-state index in [1.165, 1.54) is 30.7 Å². The lowest BCUT2D eigenvalue weighted by molar-refractivity contribution is -0.146. The van der Waals surface area contributed by atoms with Crippen LogP contribution < -0.4 is 5.32 Å². The van der Waals surface area contributed by atoms with Crippen LogP contribution in [0.15, 0.2) is 16.4 Å². The van der Waals surface area contributed by atoms with Gasteiger partial charge in [0.15, 0.2) is 5.78 Å². The Kier molecular flexibility index (Phi) is 5.15. The van der Waals surface area contributed by atoms with Gasteiger partial charge in [0.1, 0.15) is 18.5 Å². The average Bonchev–Trinajstić information content (AvgIpc) is 2.48. The van der Waals surface area contributed by atoms with Crippen molar-refractivity contribution in [3.05, 3.63) is 11.3 Å². The van der Waals surface area contributed by atoms with Crippen molar-refractivity contribution in [1.29, 1.82) is 0 Å². The zero-order chi connectivity index (χ0) is 17.3. The number of hydrogen-bond acceptors (Lipinski definition) is 7. The summed E-state index contributed by atoms with van der Waals surface area (Å²) in [6, 6.07) is -0.829. The smallest absolute Gasteiger partial charge is 0.277 e. The van der Waals surface area contributed by atoms with Gasteiger partial charge in [0, 0.05) is 12.7 Å². The van der Waals surface area contributed by atoms with Crippen LogP contribution in [0.2, 0.25) is 0 Å². The van der Waals surface area contributed by atoms with E-state index in [-0.39, 0.29) is 5.70 Å². The number of nitrogens with zero attached hydrogens (tertiary/aromatic N) is 2. The number of oxime groups is 1. The molecule has 0 saturated carbocycles. The summed E-state index contributed by atoms with van der Waals surface area (Å²) in [6.07, 6.45) is 0. The fourth-order valence-electron chi connectivity index (χ4n) is 2.34. The molecule has 0 aromatic carbocycles. The number of carbonyl (C=O) groups is 4. The van der Waals surface area contributed by atoms with Crippen LogP contribution in [0.3, 0.4) is 0 Å². The van der Waals surface area contributed by atoms with E-state index in [2.05, 4.69) is 27.9 Å². The Labute approximate surface area is 142 Å². The second kappa shape index (κ2) is 6.75. The third-order valence-electron chi connectivity index (χ3n) is 3.38. The van der Waals surface area contributed by atoms with E-state index >= 15 is 0 Å². The summed E-state index contributed by atoms with van der Waals surface area (Å²) in [6.45, 7) is 2.93. The van der Waals surface area contributed by atoms with E-state index in [0.717, 1.165) is 5.57 Å². The first-order valence-electron chi connectivity index (χ1n) is 6.60. The van der Waals surface area contributed by atoms with Gasteiger partial charge in [0.05, 0.1) is 5.70 Å². The van der Waals surface area contributed by atoms with Crippen molar-refractivity contribution in [2.45, 2.75) is 25.3 Å². The van der Waals surface area contributed by atoms with Crippen molar-refractivity contribution in [3.63, 3.8) is 0 Å². The molecule has 2 heterocycles. The number of Topliss-reactive ketones (excluding diaryl/α,β-unsaturated/α-hetero) is 1. The molecule has 2 rings (SSSR count). The molecule has 23 heavy (non-hydrogen) atoms. The van der Waals surface area contributed by atoms with Gasteiger partial charge in [-0.15, -0.1) is 11.8 Å². The molecular formula is C13H15N3O5S2. The van der Waals surface area contributed by atoms with E-state index in [0.29, 0.717) is 5.75 Å². The normalized spacial score (nSPS) is 23.9. The third-order valence-corrected chi connectivity index (χ3v) is 5.02. The number of nitrogens with one attached hydrogen (secondary N) is 1. The molecule has 0 aromatic rings. The van der Waals surface area contributed by atoms with Gasteiger partial charge in [-0.05, 0) is 12.5 Å². The van der Waals surface area contributed by atoms with Crippen molar-refractivity contribution in [2.75, 3.05) is 12.9 Å². The summed E-state index contributed by atoms with van der Waals surface area (Å²) in [7, 11) is 1.21. The molecule has 0 aromatic heterocycles. The average molecular weight is 357 g/mol. The van der Waals surface area contributed by atoms with Crippen LogP contribution in [0.1, 0.15) is 13.8 Å². The Balaban J connectivity index is 2.16. The zero-order valence-electron chi connectivity index (χ0n) is 12.7. The number of amides is 2. The molecule has 1 N–H and O–H groups in total. The highest BCUT2D eigenvalue weighted by Crippen LogP contribution is 2.40. The van der Waals surface area contributed by atoms with Gasteiger partial charge in [-0.3, -0.25) is 24.1 Å². The van der Waals surface area contributed by atoms with Gasteiger partial charge in [-0.2, -0.15) is 0 Å². The number of ketones is 1. The molecule has 0 bridgehead atoms. The van der Waals surface area contributed by atoms with Crippen LogP contribution in [-0.4, -0.2) is 57.6 Å². The summed E-state index contributed by atoms with van der Waals surface area (Å²) < 4.78 is 0. The van der Waals surface area contributed by atoms with E-state index < -0.39 is 39.8 Å². The van der Waals surface area contributed by atoms with Crippen LogP contribution in [-0.2, 0) is 24.0 Å². The molecule has 10 heteroatoms. The van der Waals surface area contributed by atoms with E-state index in [1.54, 1.807) is 6.92 Å². The lowest BCUT2D eigenvalue weighted by Gasteiger charge is -2.49. The van der Waals surface area contributed by atoms with E-state index in [1.807, 2.05) is 0 Å². The topological polar surface area (TPSA) is 105 Å². The highest BCUT2D eigenvalue weighted by molar-refractivity contribution is 8.00. The predicted octanol–water partition coefficient (Wildman–Crippen LogP) is -0.292. The van der Waals surface area contributed by atoms with Crippen molar-refractivity contribution in [2.24, 2.45) is 5.16 Å². The molecule has 1 unspecified atom stereocenters. The van der Waals surface area contributed by atoms with E-state index in [4.69, 9.17) is 0 Å². The van der Waals surface area contributed by atoms with Gasteiger partial charge in [0.2, 0.25) is 10.8 Å². The van der Waals surface area contributed by atoms with Gasteiger partial charge in [-0.1, -0.05) is 17.8 Å². The second-order valence-electron chi connectivity index (χ2n) is 4.97. The number of rotatable bonds is 5. The van der Waals surface area contributed by atoms with Gasteiger partial charge in [-0.25, -0.2) is 0 Å². The highest BCUT2D eigenvalue weighted by Gasteiger charge is 2.53. The minimum absolute atomic E-state index is 0.255. The first-order chi connectivity index (χ1) is 10.8. The molecule has 1 fully saturated rings. The number of fused-ring (bicyclic) bond motifs is 1. The SMILES string of the molecule is CON=C(C(C)=O)C(=O)NC1C(=O)N2C(C(=O)S)=C(C)CS[C@H]12. The van der Waals surface area contributed by atoms with Crippen molar-refractivity contribution in [3.8, 4) is 0 Å². The van der Waals surface area contributed by atoms with Gasteiger partial charge < -0.3 is 10.2 Å². The van der Waals surface area contributed by atoms with Crippen molar-refractivity contribution in [1.82, 2.24) is 10.2 Å². The summed E-state index contributed by atoms with van der Waals surface area (Å²) in [5.74, 6) is -1.24. The number of thioether (sulfide) groups is 1. The molecule has 2 aliphatic heterocycles. The van der Waals surface area contributed by atoms with Gasteiger partial charge >= 0.3 is 0 Å². The highest BCUT2D eigenvalue weighted by atomic mass is 32.2. The second-order valence-corrected chi connectivity index (χ2v) is 6.48. The maximum absolute atomic E-state index is 12.3. The Bertz CT molecular complexity index is 658. The lowest BCUT2D eigenvalue weighted by Crippen LogP contribution is -2.71. The van der Waals surface area contributed by atoms with Crippen LogP contribution in [0.25, 0.3) is 0 Å². The molecule has 0 spiro atoms. The van der Waals surface area contributed by atoms with Gasteiger partial charge in [0.25, 0.3) is 11.8 Å². The van der Waals surface area contributed by atoms with Crippen molar-refractivity contribution >= 4 is 52.8 Å². The molecule has 2 amide bonds. The summed E-state index contributed by atoms with van der Waals surface area (Å²) in [5.41, 5.74) is 0.594. The maximum atomic E-state index is 12.3. The molecule has 0 radical (unpaired) electrons. The molecular weight excluding hydrogens is 342 g/mol. The van der Waals surface area contributed by atoms with Crippen LogP contribution in [0, 0.1) is 0 Å². The molecule has 2 aliphatic rings. The largest absolute Gasteiger partial charge is 0.398 e. The number of hydrogen-bond donors (Lipinski definition) is 2. The van der Waals surface area contributed by atoms with Crippen LogP contribution >= 0.6 is 24.4 Å². The molecule has 0 aliphatic carbocycles. The molecule has 8 nitrogen and oxygen atoms in total. The van der Waals surface area contributed by atoms with Crippen molar-refractivity contribution < 1.29 is 24.0 Å². The molecule has 2 atom stereocenters. The monoisotopic (exact) mass is 357 g/mol. The zero-order valence-corrected chi connectivity index (χ0v) is 14.4. The minimum Gasteiger partial charge on any atom is -0.398 e. The summed E-state index contributed by atoms with van der Waals surface area (Å²) in [4.78, 5) is 53.1. The standard InChI is InChI=1S/C13H15N3O5S2/c1-5-4-23-12-8(11(19)16(12)9(5)13(20)22)14-10(18)7(6(2)17)15-21-3/h8,12H,4H2,1-3H3,(H,14,18)(H,20,22)/t8?,12-/m1/s1. The predicted molar refractivity (Wildman–Crippen MR) is 86.8 cm³/mol. The Hall–Kier alpha value is -1.81. The van der Waals surface area contributed by atoms with Crippen LogP contribution in [0.4, 0.5) is 0 Å². The molecule has 1 saturated heterocycles. The van der Waals surface area contributed by atoms with E-state index in [9.17, 15) is 19.2 Å². The third kappa shape index (κ3) is 3.13. The first-order valence-corrected chi connectivity index (χ1v) is 8.09. The fraction of sp³-hybridized carbons (Fsp3) is 0.462. The summed E-state index contributed by atoms with van der Waals surface area (Å²) in [5, 5.41) is 4.94. The Morgan fingerprint density at radius 2 is 2.09 bits per heavy atom. The summed E-state index contributed by atoms with van der Waals surface area (Å²) >= 11 is 5.21. The Morgan fingerprint density at radius 1 is 1.43 bits per heavy atom. The maximum Gasteiger partial charge on any atom is 0.277 e. The number of carbonyl (C=O) groups excluding carboxylic acids is 4. The molecule has 124 valence electrons. The first kappa shape index (κ1) is 17.5. The minimum atomic E-state index is -0.829. The quantitative estimate of drug-likeness (QED) is 0.230. The lowest BCUT2D eigenvalue weighted by atomic mass is 10.0. The Morgan fingerprint density at radius 3 is 2.61 bits per heavy atom. The van der Waals surface area contributed by atoms with Crippen LogP contribution in [0.5, 0.6) is 0 Å².